The summed E-state index contributed by atoms with van der Waals surface area (Å²) in [6.07, 6.45) is -18.3. The van der Waals surface area contributed by atoms with E-state index in [2.05, 4.69) is 15.6 Å². The van der Waals surface area contributed by atoms with Crippen molar-refractivity contribution < 1.29 is 90.7 Å². The van der Waals surface area contributed by atoms with Crippen LogP contribution in [-0.4, -0.2) is 189 Å². The Labute approximate surface area is 390 Å². The maximum Gasteiger partial charge on any atom is 0.471 e. The van der Waals surface area contributed by atoms with Gasteiger partial charge in [0.2, 0.25) is 11.7 Å². The quantitative estimate of drug-likeness (QED) is 0.0786. The molecule has 17 atom stereocenters. The van der Waals surface area contributed by atoms with E-state index >= 15 is 0 Å². The van der Waals surface area contributed by atoms with Crippen LogP contribution < -0.4 is 27.2 Å². The Morgan fingerprint density at radius 2 is 1.67 bits per heavy atom. The summed E-state index contributed by atoms with van der Waals surface area (Å²) in [4.78, 5) is 96.9. The van der Waals surface area contributed by atoms with E-state index in [9.17, 15) is 67.2 Å². The molecule has 4 aliphatic heterocycles. The number of esters is 1. The Balaban J connectivity index is 1.17. The van der Waals surface area contributed by atoms with Crippen molar-refractivity contribution >= 4 is 29.6 Å². The predicted molar refractivity (Wildman–Crippen MR) is 220 cm³/mol. The molecule has 0 spiro atoms. The van der Waals surface area contributed by atoms with Gasteiger partial charge >= 0.3 is 23.7 Å². The van der Waals surface area contributed by atoms with Gasteiger partial charge in [-0.15, -0.1) is 0 Å². The SMILES string of the molecule is COC(=O)C1CC(NC(=O)c2cc(=O)[nH]c(=O)[nH]2)C(OC23OC(C)[C@@H](O)C(O)C2C3O)[C@H](OC2OC3C(O)O[C@@H]3C(O[C@@H](CC3CCCCC3)C(=O)N3CCC3)C2NC(=O)CNC(=O)C(F)(F)F)C1. The molecule has 8 rings (SSSR count). The van der Waals surface area contributed by atoms with Crippen molar-refractivity contribution in [2.75, 3.05) is 26.7 Å². The van der Waals surface area contributed by atoms with Gasteiger partial charge in [0.25, 0.3) is 17.4 Å². The largest absolute Gasteiger partial charge is 0.471 e. The lowest BCUT2D eigenvalue weighted by Crippen LogP contribution is -2.74. The number of hydrogen-bond acceptors (Lipinski definition) is 18. The van der Waals surface area contributed by atoms with Crippen molar-refractivity contribution in [3.63, 3.8) is 0 Å². The number of rotatable bonds is 15. The average Bonchev–Trinajstić information content (AvgIpc) is 3.86. The van der Waals surface area contributed by atoms with E-state index in [4.69, 9.17) is 33.2 Å². The Morgan fingerprint density at radius 1 is 0.942 bits per heavy atom. The number of halogens is 3. The summed E-state index contributed by atoms with van der Waals surface area (Å²) in [7, 11) is 1.09. The van der Waals surface area contributed by atoms with Crippen LogP contribution in [0, 0.1) is 17.8 Å². The number of aliphatic hydroxyl groups is 4. The van der Waals surface area contributed by atoms with Crippen LogP contribution in [0.4, 0.5) is 13.2 Å². The molecule has 5 heterocycles. The predicted octanol–water partition coefficient (Wildman–Crippen LogP) is -3.10. The summed E-state index contributed by atoms with van der Waals surface area (Å²) in [5, 5.41) is 50.4. The zero-order chi connectivity index (χ0) is 49.7. The number of carbonyl (C=O) groups excluding carboxylic acids is 5. The molecule has 1 aromatic rings. The highest BCUT2D eigenvalue weighted by Crippen LogP contribution is 2.57. The first kappa shape index (κ1) is 50.8. The van der Waals surface area contributed by atoms with Crippen molar-refractivity contribution in [3.8, 4) is 0 Å². The molecule has 384 valence electrons. The summed E-state index contributed by atoms with van der Waals surface area (Å²) in [5.41, 5.74) is -2.51. The fraction of sp³-hybridized carbons (Fsp3) is 0.786. The van der Waals surface area contributed by atoms with Gasteiger partial charge in [-0.05, 0) is 38.5 Å². The molecule has 7 fully saturated rings. The number of nitrogens with one attached hydrogen (secondary N) is 5. The fourth-order valence-electron chi connectivity index (χ4n) is 10.4. The molecule has 69 heavy (non-hydrogen) atoms. The second-order valence-electron chi connectivity index (χ2n) is 18.8. The number of aromatic amines is 2. The number of aromatic nitrogens is 2. The van der Waals surface area contributed by atoms with Gasteiger partial charge in [0, 0.05) is 19.2 Å². The minimum atomic E-state index is -5.36. The number of methoxy groups -OCH3 is 1. The fourth-order valence-corrected chi connectivity index (χ4v) is 10.4. The van der Waals surface area contributed by atoms with Gasteiger partial charge in [0.05, 0.1) is 49.8 Å². The van der Waals surface area contributed by atoms with E-state index in [-0.39, 0.29) is 31.1 Å². The minimum Gasteiger partial charge on any atom is -0.469 e. The van der Waals surface area contributed by atoms with Crippen LogP contribution in [0.2, 0.25) is 0 Å². The molecule has 27 heteroatoms. The Hall–Kier alpha value is -4.58. The molecule has 7 aliphatic rings. The smallest absolute Gasteiger partial charge is 0.469 e. The number of nitrogens with zero attached hydrogens (tertiary/aromatic N) is 1. The maximum absolute atomic E-state index is 14.1. The van der Waals surface area contributed by atoms with Gasteiger partial charge in [-0.3, -0.25) is 33.8 Å². The first-order chi connectivity index (χ1) is 32.7. The van der Waals surface area contributed by atoms with E-state index in [1.165, 1.54) is 12.2 Å². The van der Waals surface area contributed by atoms with Crippen LogP contribution in [0.25, 0.3) is 0 Å². The monoisotopic (exact) mass is 990 g/mol. The minimum absolute atomic E-state index is 0.0511. The molecule has 4 saturated heterocycles. The molecular formula is C42H57F3N6O18. The van der Waals surface area contributed by atoms with Crippen molar-refractivity contribution in [3.05, 3.63) is 32.6 Å². The number of carbonyl (C=O) groups is 5. The number of alkyl halides is 3. The molecule has 0 aromatic carbocycles. The topological polar surface area (TPSA) is 336 Å². The van der Waals surface area contributed by atoms with Crippen molar-refractivity contribution in [2.45, 2.75) is 162 Å². The van der Waals surface area contributed by atoms with E-state index in [0.29, 0.717) is 13.1 Å². The molecular weight excluding hydrogens is 933 g/mol. The van der Waals surface area contributed by atoms with Crippen LogP contribution in [0.5, 0.6) is 0 Å². The lowest BCUT2D eigenvalue weighted by atomic mass is 9.81. The number of fused-ring (bicyclic) bond motifs is 2. The second-order valence-corrected chi connectivity index (χ2v) is 18.8. The third-order valence-electron chi connectivity index (χ3n) is 14.2. The van der Waals surface area contributed by atoms with Crippen LogP contribution in [0.1, 0.15) is 75.2 Å². The molecule has 0 radical (unpaired) electrons. The number of aliphatic hydroxyl groups excluding tert-OH is 4. The van der Waals surface area contributed by atoms with Crippen LogP contribution in [-0.2, 0) is 52.3 Å². The van der Waals surface area contributed by atoms with E-state index in [0.717, 1.165) is 51.7 Å². The Kier molecular flexibility index (Phi) is 14.9. The van der Waals surface area contributed by atoms with Gasteiger partial charge in [-0.2, -0.15) is 13.2 Å². The summed E-state index contributed by atoms with van der Waals surface area (Å²) in [6, 6.07) is -2.28. The molecule has 3 saturated carbocycles. The first-order valence-corrected chi connectivity index (χ1v) is 23.0. The number of hydrogen-bond donors (Lipinski definition) is 9. The van der Waals surface area contributed by atoms with E-state index in [1.807, 2.05) is 4.98 Å². The summed E-state index contributed by atoms with van der Waals surface area (Å²) in [6.45, 7) is 1.05. The Morgan fingerprint density at radius 3 is 2.30 bits per heavy atom. The third kappa shape index (κ3) is 10.6. The highest BCUT2D eigenvalue weighted by atomic mass is 19.4. The van der Waals surface area contributed by atoms with E-state index < -0.39 is 157 Å². The number of amides is 4. The molecule has 24 nitrogen and oxygen atoms in total. The normalized spacial score (nSPS) is 37.9. The molecule has 3 aliphatic carbocycles. The van der Waals surface area contributed by atoms with Crippen LogP contribution in [0.3, 0.4) is 0 Å². The summed E-state index contributed by atoms with van der Waals surface area (Å²) < 4.78 is 82.5. The lowest BCUT2D eigenvalue weighted by Gasteiger charge is -2.55. The number of likely N-dealkylation sites (tertiary alicyclic amines) is 1. The molecule has 9 N–H and O–H groups in total. The summed E-state index contributed by atoms with van der Waals surface area (Å²) >= 11 is 0. The summed E-state index contributed by atoms with van der Waals surface area (Å²) in [5.74, 6) is -10.4. The maximum atomic E-state index is 14.1. The lowest BCUT2D eigenvalue weighted by molar-refractivity contribution is -0.409. The van der Waals surface area contributed by atoms with Gasteiger partial charge in [-0.1, -0.05) is 32.1 Å². The van der Waals surface area contributed by atoms with Crippen LogP contribution >= 0.6 is 0 Å². The first-order valence-electron chi connectivity index (χ1n) is 23.0. The van der Waals surface area contributed by atoms with Crippen molar-refractivity contribution in [1.82, 2.24) is 30.8 Å². The third-order valence-corrected chi connectivity index (χ3v) is 14.2. The van der Waals surface area contributed by atoms with Gasteiger partial charge in [-0.25, -0.2) is 4.79 Å². The molecule has 1 aromatic heterocycles. The van der Waals surface area contributed by atoms with Gasteiger partial charge < -0.3 is 79.4 Å². The van der Waals surface area contributed by atoms with Crippen molar-refractivity contribution in [1.29, 1.82) is 0 Å². The zero-order valence-electron chi connectivity index (χ0n) is 37.5. The number of ether oxygens (including phenoxy) is 7. The number of H-pyrrole nitrogens is 2. The van der Waals surface area contributed by atoms with Gasteiger partial charge in [0.15, 0.2) is 12.6 Å². The molecule has 13 unspecified atom stereocenters. The second kappa shape index (κ2) is 20.3. The highest BCUT2D eigenvalue weighted by Gasteiger charge is 2.76. The molecule has 4 amide bonds. The van der Waals surface area contributed by atoms with E-state index in [1.54, 1.807) is 4.90 Å². The Bertz CT molecular complexity index is 2180. The van der Waals surface area contributed by atoms with Crippen molar-refractivity contribution in [2.24, 2.45) is 17.8 Å². The standard InChI is InChI=1S/C42H57F3N6O18/c1-16-27(54)28(55)25-33(56)41(25,68-16)69-29-19(47-34(57)20-14-23(52)50-40(62)48-20)12-18(36(59)63-2)13-21(29)65-38-26(49-24(53)15-46-39(61)42(43,44)45)30(31-32(67-38)37(60)66-31)64-22(35(58)51-9-6-10-51)11-17-7-4-3-5-8-17/h14,16-19,21-22,25-33,37-38,54-56,60H,3-13,15H2,1-2H3,(H,46,61)(H,47,57)(H,49,53)(H2,48,50,52,62)/t16?,18?,19?,21-,22+,25?,26?,27-,28?,29?,30?,31-,32?,33?,37?,38?,41?/m1/s1. The zero-order valence-corrected chi connectivity index (χ0v) is 37.5. The molecule has 0 bridgehead atoms. The van der Waals surface area contributed by atoms with Gasteiger partial charge in [0.1, 0.15) is 54.5 Å². The van der Waals surface area contributed by atoms with Crippen LogP contribution in [0.15, 0.2) is 15.7 Å². The average molecular weight is 991 g/mol. The highest BCUT2D eigenvalue weighted by molar-refractivity contribution is 5.92.